The quantitative estimate of drug-likeness (QED) is 0.280. The lowest BCUT2D eigenvalue weighted by Crippen LogP contribution is -2.34. The van der Waals surface area contributed by atoms with Gasteiger partial charge in [-0.3, -0.25) is 0 Å². The largest absolute Gasteiger partial charge is 0.270 e. The zero-order chi connectivity index (χ0) is 23.4. The predicted octanol–water partition coefficient (Wildman–Crippen LogP) is 6.78. The van der Waals surface area contributed by atoms with Gasteiger partial charge < -0.3 is 0 Å². The molecule has 3 aromatic carbocycles. The maximum atomic E-state index is 13.2. The van der Waals surface area contributed by atoms with Gasteiger partial charge in [-0.2, -0.15) is 3.71 Å². The Morgan fingerprint density at radius 3 is 1.41 bits per heavy atom. The molecule has 0 aliphatic carbocycles. The van der Waals surface area contributed by atoms with E-state index < -0.39 is 20.0 Å². The van der Waals surface area contributed by atoms with E-state index in [1.807, 2.05) is 0 Å². The highest BCUT2D eigenvalue weighted by molar-refractivity contribution is 9.11. The summed E-state index contributed by atoms with van der Waals surface area (Å²) in [5.41, 5.74) is 1.18. The Morgan fingerprint density at radius 1 is 0.594 bits per heavy atom. The van der Waals surface area contributed by atoms with Crippen LogP contribution in [0.25, 0.3) is 12.2 Å². The highest BCUT2D eigenvalue weighted by Crippen LogP contribution is 2.28. The van der Waals surface area contributed by atoms with Crippen LogP contribution >= 0.6 is 47.8 Å². The van der Waals surface area contributed by atoms with E-state index in [9.17, 15) is 16.8 Å². The van der Waals surface area contributed by atoms with E-state index in [0.717, 1.165) is 19.8 Å². The number of nitrogens with zero attached hydrogens (tertiary/aromatic N) is 1. The first-order chi connectivity index (χ1) is 15.1. The summed E-state index contributed by atoms with van der Waals surface area (Å²) in [6.07, 6.45) is 2.69. The molecule has 5 nitrogen and oxygen atoms in total. The number of rotatable bonds is 7. The van der Waals surface area contributed by atoms with Crippen LogP contribution in [0, 0.1) is 0 Å². The fourth-order valence-corrected chi connectivity index (χ4v) is 7.06. The number of hydrogen-bond acceptors (Lipinski definition) is 4. The maximum absolute atomic E-state index is 13.2. The second-order valence-electron chi connectivity index (χ2n) is 6.48. The van der Waals surface area contributed by atoms with E-state index in [0.29, 0.717) is 19.3 Å². The Bertz CT molecular complexity index is 1320. The molecular formula is C22H16Br3NO4S2. The average Bonchev–Trinajstić information content (AvgIpc) is 2.71. The van der Waals surface area contributed by atoms with Crippen LogP contribution in [0.1, 0.15) is 11.1 Å². The van der Waals surface area contributed by atoms with Crippen LogP contribution in [0.2, 0.25) is 0 Å². The van der Waals surface area contributed by atoms with Crippen molar-refractivity contribution in [2.45, 2.75) is 0 Å². The van der Waals surface area contributed by atoms with Gasteiger partial charge in [0.05, 0.1) is 16.5 Å². The van der Waals surface area contributed by atoms with Crippen LogP contribution in [-0.4, -0.2) is 16.8 Å². The SMILES string of the molecule is O=S(=O)(/C=C/c1cccc(Br)c1)N(c1cccc(Br)c1)S(=O)(=O)/C=C/c1cccc(Br)c1. The molecule has 10 heteroatoms. The van der Waals surface area contributed by atoms with Gasteiger partial charge in [-0.25, -0.2) is 16.8 Å². The predicted molar refractivity (Wildman–Crippen MR) is 141 cm³/mol. The fraction of sp³-hybridized carbons (Fsp3) is 0. The Hall–Kier alpha value is -1.72. The van der Waals surface area contributed by atoms with Crippen LogP contribution in [0.5, 0.6) is 0 Å². The lowest BCUT2D eigenvalue weighted by Gasteiger charge is -2.21. The molecule has 0 fully saturated rings. The van der Waals surface area contributed by atoms with Crippen LogP contribution in [-0.2, 0) is 20.0 Å². The minimum Gasteiger partial charge on any atom is -0.201 e. The second-order valence-corrected chi connectivity index (χ2v) is 12.8. The summed E-state index contributed by atoms with van der Waals surface area (Å²) in [7, 11) is -8.81. The van der Waals surface area contributed by atoms with Crippen molar-refractivity contribution in [3.8, 4) is 0 Å². The fourth-order valence-electron chi connectivity index (χ4n) is 2.69. The third kappa shape index (κ3) is 6.64. The van der Waals surface area contributed by atoms with Gasteiger partial charge in [0.1, 0.15) is 0 Å². The molecule has 0 radical (unpaired) electrons. The van der Waals surface area contributed by atoms with Crippen molar-refractivity contribution in [2.24, 2.45) is 0 Å². The van der Waals surface area contributed by atoms with Crippen molar-refractivity contribution in [3.63, 3.8) is 0 Å². The van der Waals surface area contributed by atoms with Crippen molar-refractivity contribution in [3.05, 3.63) is 108 Å². The highest BCUT2D eigenvalue weighted by Gasteiger charge is 2.31. The molecule has 0 spiro atoms. The molecule has 0 unspecified atom stereocenters. The van der Waals surface area contributed by atoms with Crippen LogP contribution < -0.4 is 3.71 Å². The van der Waals surface area contributed by atoms with E-state index in [-0.39, 0.29) is 5.69 Å². The minimum atomic E-state index is -4.41. The monoisotopic (exact) mass is 659 g/mol. The number of sulfonamides is 2. The van der Waals surface area contributed by atoms with E-state index in [1.165, 1.54) is 24.3 Å². The third-order valence-corrected chi connectivity index (χ3v) is 9.08. The van der Waals surface area contributed by atoms with Gasteiger partial charge in [0.15, 0.2) is 0 Å². The molecule has 0 aliphatic rings. The van der Waals surface area contributed by atoms with Gasteiger partial charge in [-0.05, 0) is 65.7 Å². The van der Waals surface area contributed by atoms with Gasteiger partial charge in [-0.15, -0.1) is 0 Å². The van der Waals surface area contributed by atoms with Crippen molar-refractivity contribution >= 4 is 85.7 Å². The molecule has 0 N–H and O–H groups in total. The first-order valence-corrected chi connectivity index (χ1v) is 14.4. The number of benzene rings is 3. The Kier molecular flexibility index (Phi) is 8.16. The average molecular weight is 662 g/mol. The van der Waals surface area contributed by atoms with E-state index in [2.05, 4.69) is 47.8 Å². The summed E-state index contributed by atoms with van der Waals surface area (Å²) in [5, 5.41) is 1.75. The number of anilines is 1. The summed E-state index contributed by atoms with van der Waals surface area (Å²) >= 11 is 9.93. The van der Waals surface area contributed by atoms with E-state index in [1.54, 1.807) is 60.7 Å². The molecule has 0 aromatic heterocycles. The van der Waals surface area contributed by atoms with Crippen molar-refractivity contribution < 1.29 is 16.8 Å². The molecule has 0 saturated heterocycles. The summed E-state index contributed by atoms with van der Waals surface area (Å²) in [5.74, 6) is 0. The molecule has 0 atom stereocenters. The zero-order valence-electron chi connectivity index (χ0n) is 16.3. The molecular weight excluding hydrogens is 646 g/mol. The molecule has 0 amide bonds. The topological polar surface area (TPSA) is 71.5 Å². The van der Waals surface area contributed by atoms with Crippen LogP contribution in [0.15, 0.2) is 97.0 Å². The first-order valence-electron chi connectivity index (χ1n) is 9.00. The van der Waals surface area contributed by atoms with Crippen molar-refractivity contribution in [2.75, 3.05) is 3.71 Å². The van der Waals surface area contributed by atoms with Crippen molar-refractivity contribution in [1.82, 2.24) is 0 Å². The lowest BCUT2D eigenvalue weighted by atomic mass is 10.2. The normalized spacial score (nSPS) is 12.5. The van der Waals surface area contributed by atoms with Gasteiger partial charge in [0, 0.05) is 13.4 Å². The maximum Gasteiger partial charge on any atom is 0.270 e. The number of halogens is 3. The standard InChI is InChI=1S/C22H16Br3NO4S2/c23-19-6-1-4-17(14-19)10-12-31(27,28)26(22-9-3-8-21(25)16-22)32(29,30)13-11-18-5-2-7-20(24)15-18/h1-16H/b12-10+,13-11+. The Morgan fingerprint density at radius 2 is 1.00 bits per heavy atom. The Balaban J connectivity index is 2.07. The number of hydrogen-bond donors (Lipinski definition) is 0. The molecule has 0 saturated carbocycles. The van der Waals surface area contributed by atoms with E-state index in [4.69, 9.17) is 0 Å². The second kappa shape index (κ2) is 10.5. The molecule has 166 valence electrons. The summed E-state index contributed by atoms with van der Waals surface area (Å²) in [6.45, 7) is 0. The van der Waals surface area contributed by atoms with E-state index >= 15 is 0 Å². The molecule has 3 rings (SSSR count). The highest BCUT2D eigenvalue weighted by atomic mass is 79.9. The lowest BCUT2D eigenvalue weighted by molar-refractivity contribution is 0.594. The molecule has 0 heterocycles. The zero-order valence-corrected chi connectivity index (χ0v) is 22.7. The van der Waals surface area contributed by atoms with Gasteiger partial charge >= 0.3 is 0 Å². The molecule has 0 bridgehead atoms. The van der Waals surface area contributed by atoms with Crippen LogP contribution in [0.4, 0.5) is 5.69 Å². The first kappa shape index (κ1) is 24.9. The van der Waals surface area contributed by atoms with Crippen LogP contribution in [0.3, 0.4) is 0 Å². The molecule has 32 heavy (non-hydrogen) atoms. The summed E-state index contributed by atoms with van der Waals surface area (Å²) in [6, 6.07) is 20.0. The smallest absolute Gasteiger partial charge is 0.201 e. The summed E-state index contributed by atoms with van der Waals surface area (Å²) < 4.78 is 55.3. The molecule has 0 aliphatic heterocycles. The molecule has 3 aromatic rings. The third-order valence-electron chi connectivity index (χ3n) is 4.04. The van der Waals surface area contributed by atoms with Crippen molar-refractivity contribution in [1.29, 1.82) is 0 Å². The summed E-state index contributed by atoms with van der Waals surface area (Å²) in [4.78, 5) is 0. The van der Waals surface area contributed by atoms with Gasteiger partial charge in [0.2, 0.25) is 0 Å². The van der Waals surface area contributed by atoms with Gasteiger partial charge in [0.25, 0.3) is 20.0 Å². The Labute approximate surface area is 213 Å². The van der Waals surface area contributed by atoms with Gasteiger partial charge in [-0.1, -0.05) is 78.1 Å². The minimum absolute atomic E-state index is 0.0165.